The van der Waals surface area contributed by atoms with Gasteiger partial charge in [-0.25, -0.2) is 0 Å². The molecule has 1 atom stereocenters. The zero-order chi connectivity index (χ0) is 9.10. The smallest absolute Gasteiger partial charge is 0.151 e. The van der Waals surface area contributed by atoms with E-state index in [1.54, 1.807) is 6.20 Å². The Kier molecular flexibility index (Phi) is 2.36. The van der Waals surface area contributed by atoms with E-state index in [4.69, 9.17) is 0 Å². The second kappa shape index (κ2) is 3.66. The molecule has 2 heterocycles. The van der Waals surface area contributed by atoms with E-state index in [9.17, 15) is 4.79 Å². The summed E-state index contributed by atoms with van der Waals surface area (Å²) in [5.74, 6) is 0.311. The van der Waals surface area contributed by atoms with Crippen LogP contribution in [0.1, 0.15) is 12.1 Å². The van der Waals surface area contributed by atoms with Gasteiger partial charge in [-0.1, -0.05) is 6.07 Å². The summed E-state index contributed by atoms with van der Waals surface area (Å²) in [4.78, 5) is 15.5. The Morgan fingerprint density at radius 1 is 1.54 bits per heavy atom. The van der Waals surface area contributed by atoms with Crippen LogP contribution in [0.5, 0.6) is 0 Å². The second-order valence-corrected chi connectivity index (χ2v) is 3.25. The lowest BCUT2D eigenvalue weighted by Crippen LogP contribution is -2.29. The van der Waals surface area contributed by atoms with Crippen LogP contribution in [0, 0.1) is 0 Å². The van der Waals surface area contributed by atoms with Crippen molar-refractivity contribution in [3.05, 3.63) is 30.1 Å². The first kappa shape index (κ1) is 8.38. The molecule has 2 rings (SSSR count). The molecule has 0 aromatic carbocycles. The number of nitrogens with one attached hydrogen (secondary N) is 1. The fourth-order valence-corrected chi connectivity index (χ4v) is 1.57. The number of rotatable bonds is 2. The minimum Gasteiger partial charge on any atom is -0.307 e. The number of ketones is 1. The highest BCUT2D eigenvalue weighted by Gasteiger charge is 2.23. The summed E-state index contributed by atoms with van der Waals surface area (Å²) in [5.41, 5.74) is 0.982. The quantitative estimate of drug-likeness (QED) is 0.715. The van der Waals surface area contributed by atoms with E-state index in [1.165, 1.54) is 0 Å². The third-order valence-electron chi connectivity index (χ3n) is 2.29. The van der Waals surface area contributed by atoms with Crippen molar-refractivity contribution in [2.75, 3.05) is 6.54 Å². The summed E-state index contributed by atoms with van der Waals surface area (Å²) >= 11 is 0. The van der Waals surface area contributed by atoms with Crippen LogP contribution in [0.3, 0.4) is 0 Å². The Morgan fingerprint density at radius 3 is 3.08 bits per heavy atom. The SMILES string of the molecule is O=C1CCNC1Cc1ccccn1. The highest BCUT2D eigenvalue weighted by molar-refractivity contribution is 5.86. The second-order valence-electron chi connectivity index (χ2n) is 3.25. The van der Waals surface area contributed by atoms with Crippen LogP contribution in [-0.2, 0) is 11.2 Å². The lowest BCUT2D eigenvalue weighted by molar-refractivity contribution is -0.118. The van der Waals surface area contributed by atoms with Gasteiger partial charge in [0, 0.05) is 31.3 Å². The van der Waals surface area contributed by atoms with Crippen LogP contribution < -0.4 is 5.32 Å². The first-order valence-corrected chi connectivity index (χ1v) is 4.52. The molecule has 1 aromatic heterocycles. The average Bonchev–Trinajstić information content (AvgIpc) is 2.54. The van der Waals surface area contributed by atoms with Gasteiger partial charge < -0.3 is 5.32 Å². The third-order valence-corrected chi connectivity index (χ3v) is 2.29. The molecular formula is C10H12N2O. The van der Waals surface area contributed by atoms with Gasteiger partial charge in [0.05, 0.1) is 6.04 Å². The summed E-state index contributed by atoms with van der Waals surface area (Å²) in [7, 11) is 0. The first-order chi connectivity index (χ1) is 6.36. The van der Waals surface area contributed by atoms with Crippen LogP contribution in [0.15, 0.2) is 24.4 Å². The van der Waals surface area contributed by atoms with Crippen molar-refractivity contribution in [2.45, 2.75) is 18.9 Å². The van der Waals surface area contributed by atoms with Crippen molar-refractivity contribution in [1.29, 1.82) is 0 Å². The molecule has 1 aliphatic heterocycles. The monoisotopic (exact) mass is 176 g/mol. The van der Waals surface area contributed by atoms with Gasteiger partial charge in [0.15, 0.2) is 5.78 Å². The topological polar surface area (TPSA) is 42.0 Å². The molecule has 68 valence electrons. The molecule has 1 fully saturated rings. The number of carbonyl (C=O) groups excluding carboxylic acids is 1. The van der Waals surface area contributed by atoms with Crippen molar-refractivity contribution in [1.82, 2.24) is 10.3 Å². The number of hydrogen-bond donors (Lipinski definition) is 1. The number of pyridine rings is 1. The number of carbonyl (C=O) groups is 1. The maximum atomic E-state index is 11.3. The molecule has 1 saturated heterocycles. The van der Waals surface area contributed by atoms with E-state index < -0.39 is 0 Å². The van der Waals surface area contributed by atoms with Gasteiger partial charge in [0.25, 0.3) is 0 Å². The first-order valence-electron chi connectivity index (χ1n) is 4.52. The minimum atomic E-state index is -0.00472. The minimum absolute atomic E-state index is 0.00472. The molecule has 0 amide bonds. The van der Waals surface area contributed by atoms with Gasteiger partial charge in [0.1, 0.15) is 0 Å². The molecule has 0 saturated carbocycles. The summed E-state index contributed by atoms with van der Waals surface area (Å²) < 4.78 is 0. The zero-order valence-corrected chi connectivity index (χ0v) is 7.36. The maximum absolute atomic E-state index is 11.3. The van der Waals surface area contributed by atoms with Gasteiger partial charge >= 0.3 is 0 Å². The Hall–Kier alpha value is -1.22. The van der Waals surface area contributed by atoms with Crippen LogP contribution in [0.25, 0.3) is 0 Å². The molecule has 0 spiro atoms. The molecule has 0 radical (unpaired) electrons. The van der Waals surface area contributed by atoms with Crippen molar-refractivity contribution < 1.29 is 4.79 Å². The zero-order valence-electron chi connectivity index (χ0n) is 7.36. The molecule has 3 heteroatoms. The Balaban J connectivity index is 2.02. The number of nitrogens with zero attached hydrogens (tertiary/aromatic N) is 1. The van der Waals surface area contributed by atoms with Crippen LogP contribution in [-0.4, -0.2) is 23.4 Å². The molecule has 1 N–H and O–H groups in total. The van der Waals surface area contributed by atoms with Crippen LogP contribution >= 0.6 is 0 Å². The van der Waals surface area contributed by atoms with Crippen molar-refractivity contribution in [3.8, 4) is 0 Å². The van der Waals surface area contributed by atoms with Gasteiger partial charge in [-0.15, -0.1) is 0 Å². The third kappa shape index (κ3) is 1.92. The maximum Gasteiger partial charge on any atom is 0.151 e. The molecule has 13 heavy (non-hydrogen) atoms. The Bertz CT molecular complexity index is 297. The van der Waals surface area contributed by atoms with Crippen LogP contribution in [0.2, 0.25) is 0 Å². The van der Waals surface area contributed by atoms with Gasteiger partial charge in [-0.05, 0) is 12.1 Å². The fourth-order valence-electron chi connectivity index (χ4n) is 1.57. The summed E-state index contributed by atoms with van der Waals surface area (Å²) in [5, 5.41) is 3.17. The summed E-state index contributed by atoms with van der Waals surface area (Å²) in [6, 6.07) is 5.78. The number of aromatic nitrogens is 1. The van der Waals surface area contributed by atoms with Crippen molar-refractivity contribution >= 4 is 5.78 Å². The number of Topliss-reactive ketones (excluding diaryl/α,β-unsaturated/α-hetero) is 1. The van der Waals surface area contributed by atoms with E-state index >= 15 is 0 Å². The predicted molar refractivity (Wildman–Crippen MR) is 49.4 cm³/mol. The summed E-state index contributed by atoms with van der Waals surface area (Å²) in [6.45, 7) is 0.816. The van der Waals surface area contributed by atoms with E-state index in [0.29, 0.717) is 12.2 Å². The molecule has 1 aromatic rings. The van der Waals surface area contributed by atoms with Gasteiger partial charge in [-0.3, -0.25) is 9.78 Å². The fraction of sp³-hybridized carbons (Fsp3) is 0.400. The van der Waals surface area contributed by atoms with Crippen LogP contribution in [0.4, 0.5) is 0 Å². The standard InChI is InChI=1S/C10H12N2O/c13-10-4-6-12-9(10)7-8-3-1-2-5-11-8/h1-3,5,9,12H,4,6-7H2. The van der Waals surface area contributed by atoms with E-state index in [0.717, 1.165) is 18.7 Å². The molecule has 1 aliphatic rings. The number of hydrogen-bond acceptors (Lipinski definition) is 3. The van der Waals surface area contributed by atoms with Gasteiger partial charge in [-0.2, -0.15) is 0 Å². The normalized spacial score (nSPS) is 22.2. The lowest BCUT2D eigenvalue weighted by Gasteiger charge is -2.06. The van der Waals surface area contributed by atoms with E-state index in [-0.39, 0.29) is 6.04 Å². The summed E-state index contributed by atoms with van der Waals surface area (Å²) in [6.07, 6.45) is 3.14. The highest BCUT2D eigenvalue weighted by Crippen LogP contribution is 2.06. The molecule has 0 bridgehead atoms. The largest absolute Gasteiger partial charge is 0.307 e. The molecule has 3 nitrogen and oxygen atoms in total. The van der Waals surface area contributed by atoms with E-state index in [1.807, 2.05) is 18.2 Å². The van der Waals surface area contributed by atoms with Crippen molar-refractivity contribution in [2.24, 2.45) is 0 Å². The predicted octanol–water partition coefficient (Wildman–Crippen LogP) is 0.555. The van der Waals surface area contributed by atoms with Gasteiger partial charge in [0.2, 0.25) is 0 Å². The lowest BCUT2D eigenvalue weighted by atomic mass is 10.1. The average molecular weight is 176 g/mol. The highest BCUT2D eigenvalue weighted by atomic mass is 16.1. The van der Waals surface area contributed by atoms with E-state index in [2.05, 4.69) is 10.3 Å². The molecular weight excluding hydrogens is 164 g/mol. The Morgan fingerprint density at radius 2 is 2.46 bits per heavy atom. The Labute approximate surface area is 77.2 Å². The molecule has 1 unspecified atom stereocenters. The van der Waals surface area contributed by atoms with Crippen molar-refractivity contribution in [3.63, 3.8) is 0 Å². The molecule has 0 aliphatic carbocycles.